The molecule has 0 unspecified atom stereocenters. The van der Waals surface area contributed by atoms with E-state index in [1.165, 1.54) is 0 Å². The van der Waals surface area contributed by atoms with E-state index in [0.29, 0.717) is 31.0 Å². The molecular formula is C24H19N3O3S. The Morgan fingerprint density at radius 3 is 2.55 bits per heavy atom. The first kappa shape index (κ1) is 20.4. The van der Waals surface area contributed by atoms with Gasteiger partial charge in [-0.2, -0.15) is 5.26 Å². The number of hydrogen-bond acceptors (Lipinski definition) is 6. The molecular weight excluding hydrogens is 410 g/mol. The molecule has 3 aromatic carbocycles. The third-order valence-corrected chi connectivity index (χ3v) is 5.82. The van der Waals surface area contributed by atoms with Crippen LogP contribution in [0.5, 0.6) is 5.75 Å². The van der Waals surface area contributed by atoms with Crippen molar-refractivity contribution in [1.29, 1.82) is 5.26 Å². The molecule has 6 nitrogen and oxygen atoms in total. The fraction of sp³-hybridized carbons (Fsp3) is 0.125. The maximum absolute atomic E-state index is 12.5. The Morgan fingerprint density at radius 2 is 1.84 bits per heavy atom. The summed E-state index contributed by atoms with van der Waals surface area (Å²) in [6.07, 6.45) is 0.367. The van der Waals surface area contributed by atoms with Crippen LogP contribution in [0.2, 0.25) is 0 Å². The van der Waals surface area contributed by atoms with Crippen molar-refractivity contribution < 1.29 is 9.94 Å². The van der Waals surface area contributed by atoms with Crippen LogP contribution >= 0.6 is 11.3 Å². The molecule has 0 aliphatic heterocycles. The SMILES string of the molecule is N#CCc1ccc(OCCn2c(=O)sc3cc(/C(=N/O)c4ccccc4)ccc32)cc1. The molecule has 0 saturated heterocycles. The highest BCUT2D eigenvalue weighted by Crippen LogP contribution is 2.22. The lowest BCUT2D eigenvalue weighted by atomic mass is 10.0. The van der Waals surface area contributed by atoms with E-state index in [2.05, 4.69) is 11.2 Å². The molecule has 31 heavy (non-hydrogen) atoms. The summed E-state index contributed by atoms with van der Waals surface area (Å²) in [5.41, 5.74) is 3.75. The number of fused-ring (bicyclic) bond motifs is 1. The average molecular weight is 430 g/mol. The van der Waals surface area contributed by atoms with E-state index in [1.54, 1.807) is 4.57 Å². The topological polar surface area (TPSA) is 87.6 Å². The molecule has 1 aromatic heterocycles. The minimum Gasteiger partial charge on any atom is -0.492 e. The number of aromatic nitrogens is 1. The summed E-state index contributed by atoms with van der Waals surface area (Å²) in [7, 11) is 0. The van der Waals surface area contributed by atoms with Gasteiger partial charge in [-0.1, -0.05) is 65.0 Å². The van der Waals surface area contributed by atoms with Gasteiger partial charge in [-0.05, 0) is 29.8 Å². The summed E-state index contributed by atoms with van der Waals surface area (Å²) < 4.78 is 8.27. The van der Waals surface area contributed by atoms with Crippen molar-refractivity contribution in [2.24, 2.45) is 5.16 Å². The summed E-state index contributed by atoms with van der Waals surface area (Å²) >= 11 is 1.15. The Morgan fingerprint density at radius 1 is 1.06 bits per heavy atom. The molecule has 1 N–H and O–H groups in total. The highest BCUT2D eigenvalue weighted by atomic mass is 32.1. The van der Waals surface area contributed by atoms with Crippen LogP contribution < -0.4 is 9.61 Å². The van der Waals surface area contributed by atoms with Crippen LogP contribution in [0.3, 0.4) is 0 Å². The van der Waals surface area contributed by atoms with Crippen LogP contribution in [0.15, 0.2) is 82.7 Å². The van der Waals surface area contributed by atoms with Gasteiger partial charge in [0.1, 0.15) is 18.1 Å². The Hall–Kier alpha value is -3.89. The molecule has 0 aliphatic rings. The number of thiazole rings is 1. The minimum atomic E-state index is -0.0673. The molecule has 0 bridgehead atoms. The van der Waals surface area contributed by atoms with E-state index in [4.69, 9.17) is 10.00 Å². The van der Waals surface area contributed by atoms with Crippen molar-refractivity contribution in [3.63, 3.8) is 0 Å². The quantitative estimate of drug-likeness (QED) is 0.267. The standard InChI is InChI=1S/C24H19N3O3S/c25-13-12-17-6-9-20(10-7-17)30-15-14-27-21-11-8-19(16-22(21)31-24(27)28)23(26-29)18-4-2-1-3-5-18/h1-11,16,29H,12,14-15H2/b26-23+. The van der Waals surface area contributed by atoms with Crippen LogP contribution in [-0.2, 0) is 13.0 Å². The summed E-state index contributed by atoms with van der Waals surface area (Å²) in [5, 5.41) is 21.7. The van der Waals surface area contributed by atoms with E-state index >= 15 is 0 Å². The lowest BCUT2D eigenvalue weighted by Gasteiger charge is -2.09. The molecule has 7 heteroatoms. The fourth-order valence-corrected chi connectivity index (χ4v) is 4.31. The zero-order chi connectivity index (χ0) is 21.6. The predicted octanol–water partition coefficient (Wildman–Crippen LogP) is 4.43. The van der Waals surface area contributed by atoms with Crippen molar-refractivity contribution in [2.75, 3.05) is 6.61 Å². The highest BCUT2D eigenvalue weighted by Gasteiger charge is 2.12. The fourth-order valence-electron chi connectivity index (χ4n) is 3.35. The first-order valence-corrected chi connectivity index (χ1v) is 10.5. The normalized spacial score (nSPS) is 11.4. The van der Waals surface area contributed by atoms with E-state index in [9.17, 15) is 10.0 Å². The van der Waals surface area contributed by atoms with Gasteiger partial charge in [-0.25, -0.2) is 0 Å². The predicted molar refractivity (Wildman–Crippen MR) is 121 cm³/mol. The van der Waals surface area contributed by atoms with Gasteiger partial charge in [-0.3, -0.25) is 9.36 Å². The molecule has 1 heterocycles. The van der Waals surface area contributed by atoms with Gasteiger partial charge in [0.25, 0.3) is 0 Å². The number of ether oxygens (including phenoxy) is 1. The Bertz CT molecular complexity index is 1320. The molecule has 0 fully saturated rings. The van der Waals surface area contributed by atoms with Crippen molar-refractivity contribution in [3.8, 4) is 11.8 Å². The van der Waals surface area contributed by atoms with Crippen LogP contribution in [0, 0.1) is 11.3 Å². The first-order chi connectivity index (χ1) is 15.2. The minimum absolute atomic E-state index is 0.0673. The van der Waals surface area contributed by atoms with Gasteiger partial charge >= 0.3 is 4.87 Å². The molecule has 4 aromatic rings. The number of oxime groups is 1. The van der Waals surface area contributed by atoms with E-state index < -0.39 is 0 Å². The second-order valence-corrected chi connectivity index (χ2v) is 7.84. The third-order valence-electron chi connectivity index (χ3n) is 4.88. The molecule has 0 radical (unpaired) electrons. The van der Waals surface area contributed by atoms with E-state index in [-0.39, 0.29) is 4.87 Å². The molecule has 0 aliphatic carbocycles. The molecule has 4 rings (SSSR count). The summed E-state index contributed by atoms with van der Waals surface area (Å²) in [5.74, 6) is 0.697. The van der Waals surface area contributed by atoms with Gasteiger partial charge in [0.05, 0.1) is 29.3 Å². The van der Waals surface area contributed by atoms with Crippen LogP contribution in [-0.4, -0.2) is 22.1 Å². The maximum Gasteiger partial charge on any atom is 0.308 e. The van der Waals surface area contributed by atoms with Gasteiger partial charge < -0.3 is 9.94 Å². The Labute approximate surface area is 182 Å². The number of benzene rings is 3. The summed E-state index contributed by atoms with van der Waals surface area (Å²) in [6, 6.07) is 24.5. The van der Waals surface area contributed by atoms with Gasteiger partial charge in [0, 0.05) is 11.1 Å². The molecule has 0 atom stereocenters. The van der Waals surface area contributed by atoms with Crippen LogP contribution in [0.25, 0.3) is 10.2 Å². The van der Waals surface area contributed by atoms with Crippen molar-refractivity contribution in [2.45, 2.75) is 13.0 Å². The average Bonchev–Trinajstić information content (AvgIpc) is 3.11. The van der Waals surface area contributed by atoms with E-state index in [1.807, 2.05) is 72.8 Å². The largest absolute Gasteiger partial charge is 0.492 e. The van der Waals surface area contributed by atoms with Crippen molar-refractivity contribution in [3.05, 3.63) is 99.2 Å². The number of rotatable bonds is 7. The number of nitrogens with zero attached hydrogens (tertiary/aromatic N) is 3. The molecule has 0 amide bonds. The lowest BCUT2D eigenvalue weighted by molar-refractivity contribution is 0.299. The Balaban J connectivity index is 1.51. The second kappa shape index (κ2) is 9.28. The van der Waals surface area contributed by atoms with Gasteiger partial charge in [-0.15, -0.1) is 0 Å². The van der Waals surface area contributed by atoms with Gasteiger partial charge in [0.2, 0.25) is 0 Å². The first-order valence-electron chi connectivity index (χ1n) is 9.69. The summed E-state index contributed by atoms with van der Waals surface area (Å²) in [6.45, 7) is 0.760. The second-order valence-electron chi connectivity index (χ2n) is 6.84. The van der Waals surface area contributed by atoms with Crippen LogP contribution in [0.1, 0.15) is 16.7 Å². The summed E-state index contributed by atoms with van der Waals surface area (Å²) in [4.78, 5) is 12.5. The smallest absolute Gasteiger partial charge is 0.308 e. The van der Waals surface area contributed by atoms with E-state index in [0.717, 1.165) is 38.2 Å². The maximum atomic E-state index is 12.5. The zero-order valence-electron chi connectivity index (χ0n) is 16.6. The van der Waals surface area contributed by atoms with Gasteiger partial charge in [0.15, 0.2) is 0 Å². The zero-order valence-corrected chi connectivity index (χ0v) is 17.4. The lowest BCUT2D eigenvalue weighted by Crippen LogP contribution is -2.17. The van der Waals surface area contributed by atoms with Crippen molar-refractivity contribution in [1.82, 2.24) is 4.57 Å². The molecule has 0 saturated carbocycles. The number of nitriles is 1. The van der Waals surface area contributed by atoms with Crippen LogP contribution in [0.4, 0.5) is 0 Å². The third kappa shape index (κ3) is 4.49. The Kier molecular flexibility index (Phi) is 6.11. The highest BCUT2D eigenvalue weighted by molar-refractivity contribution is 7.16. The monoisotopic (exact) mass is 429 g/mol. The van der Waals surface area contributed by atoms with Crippen molar-refractivity contribution >= 4 is 27.3 Å². The molecule has 0 spiro atoms. The number of hydrogen-bond donors (Lipinski definition) is 1. The molecule has 154 valence electrons.